The zero-order chi connectivity index (χ0) is 14.8. The Morgan fingerprint density at radius 2 is 1.71 bits per heavy atom. The lowest BCUT2D eigenvalue weighted by Crippen LogP contribution is -2.11. The Kier molecular flexibility index (Phi) is 3.52. The molecule has 0 bridgehead atoms. The zero-order valence-corrected chi connectivity index (χ0v) is 11.5. The molecular weight excluding hydrogens is 270 g/mol. The minimum atomic E-state index is -0.552. The predicted octanol–water partition coefficient (Wildman–Crippen LogP) is 4.69. The third-order valence-corrected chi connectivity index (χ3v) is 3.41. The summed E-state index contributed by atoms with van der Waals surface area (Å²) < 4.78 is 27.5. The number of nitrogens with one attached hydrogen (secondary N) is 1. The molecule has 0 saturated carbocycles. The van der Waals surface area contributed by atoms with Crippen LogP contribution in [0, 0.1) is 11.6 Å². The Morgan fingerprint density at radius 1 is 1.00 bits per heavy atom. The molecule has 2 aromatic carbocycles. The third kappa shape index (κ3) is 2.70. The maximum atomic E-state index is 13.8. The number of nitrogens with zero attached hydrogens (tertiary/aromatic N) is 1. The topological polar surface area (TPSA) is 24.9 Å². The van der Waals surface area contributed by atoms with Crippen molar-refractivity contribution in [2.45, 2.75) is 13.0 Å². The molecule has 106 valence electrons. The van der Waals surface area contributed by atoms with Gasteiger partial charge in [0.15, 0.2) is 0 Å². The first-order valence-corrected chi connectivity index (χ1v) is 6.70. The molecule has 1 aromatic heterocycles. The standard InChI is InChI=1S/C17H14F2N2/c1-11(17-14(18)6-4-7-15(17)19)21-13-9-12-5-2-3-8-16(12)20-10-13/h2-11,21H,1H3. The Bertz CT molecular complexity index is 766. The van der Waals surface area contributed by atoms with Gasteiger partial charge in [-0.3, -0.25) is 4.98 Å². The molecule has 0 amide bonds. The lowest BCUT2D eigenvalue weighted by molar-refractivity contribution is 0.544. The molecule has 0 radical (unpaired) electrons. The Hall–Kier alpha value is -2.49. The van der Waals surface area contributed by atoms with Crippen LogP contribution in [-0.4, -0.2) is 4.98 Å². The van der Waals surface area contributed by atoms with E-state index in [0.717, 1.165) is 16.6 Å². The van der Waals surface area contributed by atoms with Crippen molar-refractivity contribution in [3.63, 3.8) is 0 Å². The van der Waals surface area contributed by atoms with Gasteiger partial charge in [-0.25, -0.2) is 8.78 Å². The van der Waals surface area contributed by atoms with Crippen LogP contribution in [0.3, 0.4) is 0 Å². The average Bonchev–Trinajstić information content (AvgIpc) is 2.47. The number of rotatable bonds is 3. The van der Waals surface area contributed by atoms with Crippen LogP contribution in [-0.2, 0) is 0 Å². The van der Waals surface area contributed by atoms with E-state index in [9.17, 15) is 8.78 Å². The van der Waals surface area contributed by atoms with Gasteiger partial charge in [0.1, 0.15) is 11.6 Å². The molecule has 1 unspecified atom stereocenters. The van der Waals surface area contributed by atoms with Crippen LogP contribution < -0.4 is 5.32 Å². The van der Waals surface area contributed by atoms with Crippen molar-refractivity contribution in [2.75, 3.05) is 5.32 Å². The van der Waals surface area contributed by atoms with Crippen LogP contribution in [0.4, 0.5) is 14.5 Å². The molecule has 0 saturated heterocycles. The lowest BCUT2D eigenvalue weighted by atomic mass is 10.1. The van der Waals surface area contributed by atoms with Gasteiger partial charge in [-0.05, 0) is 31.2 Å². The SMILES string of the molecule is CC(Nc1cnc2ccccc2c1)c1c(F)cccc1F. The summed E-state index contributed by atoms with van der Waals surface area (Å²) in [5.41, 5.74) is 1.64. The molecule has 21 heavy (non-hydrogen) atoms. The molecular formula is C17H14F2N2. The number of fused-ring (bicyclic) bond motifs is 1. The van der Waals surface area contributed by atoms with Gasteiger partial charge in [0.05, 0.1) is 23.4 Å². The van der Waals surface area contributed by atoms with Crippen LogP contribution >= 0.6 is 0 Å². The second-order valence-electron chi connectivity index (χ2n) is 4.92. The van der Waals surface area contributed by atoms with E-state index in [-0.39, 0.29) is 5.56 Å². The molecule has 3 aromatic rings. The van der Waals surface area contributed by atoms with Gasteiger partial charge < -0.3 is 5.32 Å². The largest absolute Gasteiger partial charge is 0.377 e. The number of pyridine rings is 1. The summed E-state index contributed by atoms with van der Waals surface area (Å²) in [6.45, 7) is 1.72. The highest BCUT2D eigenvalue weighted by Crippen LogP contribution is 2.25. The first kappa shape index (κ1) is 13.5. The van der Waals surface area contributed by atoms with Gasteiger partial charge in [0, 0.05) is 10.9 Å². The summed E-state index contributed by atoms with van der Waals surface area (Å²) in [4.78, 5) is 4.32. The molecule has 0 aliphatic heterocycles. The van der Waals surface area contributed by atoms with Crippen molar-refractivity contribution in [1.82, 2.24) is 4.98 Å². The molecule has 0 fully saturated rings. The van der Waals surface area contributed by atoms with E-state index in [4.69, 9.17) is 0 Å². The molecule has 1 atom stereocenters. The molecule has 4 heteroatoms. The van der Waals surface area contributed by atoms with E-state index in [2.05, 4.69) is 10.3 Å². The van der Waals surface area contributed by atoms with Gasteiger partial charge in [-0.1, -0.05) is 24.3 Å². The van der Waals surface area contributed by atoms with E-state index >= 15 is 0 Å². The van der Waals surface area contributed by atoms with Gasteiger partial charge >= 0.3 is 0 Å². The molecule has 0 aliphatic rings. The highest BCUT2D eigenvalue weighted by Gasteiger charge is 2.15. The molecule has 1 N–H and O–H groups in total. The Morgan fingerprint density at radius 3 is 2.48 bits per heavy atom. The van der Waals surface area contributed by atoms with E-state index in [0.29, 0.717) is 0 Å². The number of aromatic nitrogens is 1. The van der Waals surface area contributed by atoms with Crippen LogP contribution in [0.15, 0.2) is 54.7 Å². The van der Waals surface area contributed by atoms with Crippen molar-refractivity contribution in [1.29, 1.82) is 0 Å². The summed E-state index contributed by atoms with van der Waals surface area (Å²) in [6, 6.07) is 13.0. The average molecular weight is 284 g/mol. The number of benzene rings is 2. The van der Waals surface area contributed by atoms with E-state index in [1.807, 2.05) is 30.3 Å². The summed E-state index contributed by atoms with van der Waals surface area (Å²) in [7, 11) is 0. The lowest BCUT2D eigenvalue weighted by Gasteiger charge is -2.17. The van der Waals surface area contributed by atoms with E-state index < -0.39 is 17.7 Å². The zero-order valence-electron chi connectivity index (χ0n) is 11.5. The monoisotopic (exact) mass is 284 g/mol. The number of hydrogen-bond acceptors (Lipinski definition) is 2. The number of hydrogen-bond donors (Lipinski definition) is 1. The van der Waals surface area contributed by atoms with Crippen molar-refractivity contribution in [3.8, 4) is 0 Å². The maximum Gasteiger partial charge on any atom is 0.131 e. The van der Waals surface area contributed by atoms with E-state index in [1.54, 1.807) is 13.1 Å². The van der Waals surface area contributed by atoms with Crippen LogP contribution in [0.5, 0.6) is 0 Å². The Labute approximate surface area is 121 Å². The minimum Gasteiger partial charge on any atom is -0.377 e. The fourth-order valence-electron chi connectivity index (χ4n) is 2.40. The highest BCUT2D eigenvalue weighted by molar-refractivity contribution is 5.81. The van der Waals surface area contributed by atoms with Gasteiger partial charge in [-0.2, -0.15) is 0 Å². The molecule has 1 heterocycles. The smallest absolute Gasteiger partial charge is 0.131 e. The van der Waals surface area contributed by atoms with Gasteiger partial charge in [0.25, 0.3) is 0 Å². The van der Waals surface area contributed by atoms with Gasteiger partial charge in [0.2, 0.25) is 0 Å². The first-order valence-electron chi connectivity index (χ1n) is 6.70. The second kappa shape index (κ2) is 5.48. The van der Waals surface area contributed by atoms with Crippen LogP contribution in [0.25, 0.3) is 10.9 Å². The van der Waals surface area contributed by atoms with Crippen LogP contribution in [0.2, 0.25) is 0 Å². The van der Waals surface area contributed by atoms with Crippen molar-refractivity contribution < 1.29 is 8.78 Å². The summed E-state index contributed by atoms with van der Waals surface area (Å²) in [6.07, 6.45) is 1.66. The van der Waals surface area contributed by atoms with Gasteiger partial charge in [-0.15, -0.1) is 0 Å². The van der Waals surface area contributed by atoms with Crippen molar-refractivity contribution in [3.05, 3.63) is 71.9 Å². The fourth-order valence-corrected chi connectivity index (χ4v) is 2.40. The predicted molar refractivity (Wildman–Crippen MR) is 80.1 cm³/mol. The summed E-state index contributed by atoms with van der Waals surface area (Å²) in [5, 5.41) is 4.07. The number of para-hydroxylation sites is 1. The summed E-state index contributed by atoms with van der Waals surface area (Å²) in [5.74, 6) is -1.10. The maximum absolute atomic E-state index is 13.8. The molecule has 2 nitrogen and oxygen atoms in total. The summed E-state index contributed by atoms with van der Waals surface area (Å²) >= 11 is 0. The normalized spacial score (nSPS) is 12.3. The molecule has 0 aliphatic carbocycles. The number of halogens is 2. The fraction of sp³-hybridized carbons (Fsp3) is 0.118. The van der Waals surface area contributed by atoms with Crippen molar-refractivity contribution in [2.24, 2.45) is 0 Å². The minimum absolute atomic E-state index is 0.0330. The number of anilines is 1. The molecule has 0 spiro atoms. The quantitative estimate of drug-likeness (QED) is 0.755. The second-order valence-corrected chi connectivity index (χ2v) is 4.92. The van der Waals surface area contributed by atoms with E-state index in [1.165, 1.54) is 18.2 Å². The first-order chi connectivity index (χ1) is 10.1. The van der Waals surface area contributed by atoms with Crippen molar-refractivity contribution >= 4 is 16.6 Å². The molecule has 3 rings (SSSR count). The van der Waals surface area contributed by atoms with Crippen LogP contribution in [0.1, 0.15) is 18.5 Å². The third-order valence-electron chi connectivity index (χ3n) is 3.41. The highest BCUT2D eigenvalue weighted by atomic mass is 19.1. The Balaban J connectivity index is 1.91.